The number of carbonyl (C=O) groups is 1. The molecule has 0 unspecified atom stereocenters. The van der Waals surface area contributed by atoms with Crippen molar-refractivity contribution < 1.29 is 14.3 Å². The summed E-state index contributed by atoms with van der Waals surface area (Å²) >= 11 is 6.10. The number of halogens is 1. The van der Waals surface area contributed by atoms with Crippen molar-refractivity contribution in [1.82, 2.24) is 9.97 Å². The Labute approximate surface area is 192 Å². The maximum Gasteiger partial charge on any atom is 0.414 e. The van der Waals surface area contributed by atoms with E-state index in [0.29, 0.717) is 23.3 Å². The topological polar surface area (TPSA) is 76.6 Å². The van der Waals surface area contributed by atoms with Crippen LogP contribution in [0.5, 0.6) is 5.75 Å². The molecule has 1 amide bonds. The summed E-state index contributed by atoms with van der Waals surface area (Å²) in [6.07, 6.45) is 3.92. The minimum absolute atomic E-state index is 0.340. The van der Waals surface area contributed by atoms with Gasteiger partial charge in [-0.25, -0.2) is 14.8 Å². The summed E-state index contributed by atoms with van der Waals surface area (Å²) in [6.45, 7) is 6.19. The normalized spacial score (nSPS) is 13.0. The second kappa shape index (κ2) is 8.67. The number of rotatable bonds is 4. The lowest BCUT2D eigenvalue weighted by Gasteiger charge is -2.25. The molecular weight excluding hydrogens is 428 g/mol. The molecule has 1 aliphatic heterocycles. The highest BCUT2D eigenvalue weighted by Crippen LogP contribution is 2.33. The van der Waals surface area contributed by atoms with Crippen molar-refractivity contribution in [3.05, 3.63) is 59.4 Å². The minimum Gasteiger partial charge on any atom is -0.495 e. The highest BCUT2D eigenvalue weighted by molar-refractivity contribution is 6.32. The molecule has 0 saturated heterocycles. The average Bonchev–Trinajstić information content (AvgIpc) is 3.17. The van der Waals surface area contributed by atoms with Gasteiger partial charge in [0.1, 0.15) is 11.4 Å². The Morgan fingerprint density at radius 1 is 1.09 bits per heavy atom. The molecule has 32 heavy (non-hydrogen) atoms. The Bertz CT molecular complexity index is 1140. The Balaban J connectivity index is 1.51. The van der Waals surface area contributed by atoms with Crippen molar-refractivity contribution in [2.45, 2.75) is 32.8 Å². The van der Waals surface area contributed by atoms with Crippen LogP contribution in [0.25, 0.3) is 11.1 Å². The fourth-order valence-corrected chi connectivity index (χ4v) is 3.67. The van der Waals surface area contributed by atoms with Crippen LogP contribution in [0.4, 0.5) is 22.1 Å². The van der Waals surface area contributed by atoms with E-state index in [-0.39, 0.29) is 6.09 Å². The molecule has 0 atom stereocenters. The van der Waals surface area contributed by atoms with Crippen LogP contribution in [0, 0.1) is 0 Å². The summed E-state index contributed by atoms with van der Waals surface area (Å²) in [5.41, 5.74) is 3.95. The van der Waals surface area contributed by atoms with Crippen molar-refractivity contribution in [3.63, 3.8) is 0 Å². The van der Waals surface area contributed by atoms with E-state index in [1.54, 1.807) is 30.5 Å². The van der Waals surface area contributed by atoms with Gasteiger partial charge >= 0.3 is 6.09 Å². The van der Waals surface area contributed by atoms with E-state index in [2.05, 4.69) is 15.3 Å². The van der Waals surface area contributed by atoms with Gasteiger partial charge in [-0.15, -0.1) is 0 Å². The largest absolute Gasteiger partial charge is 0.495 e. The molecule has 0 aliphatic carbocycles. The van der Waals surface area contributed by atoms with Crippen molar-refractivity contribution in [3.8, 4) is 16.9 Å². The van der Waals surface area contributed by atoms with Crippen LogP contribution in [-0.2, 0) is 11.2 Å². The van der Waals surface area contributed by atoms with E-state index >= 15 is 0 Å². The third kappa shape index (κ3) is 4.78. The van der Waals surface area contributed by atoms with Crippen LogP contribution < -0.4 is 15.0 Å². The lowest BCUT2D eigenvalue weighted by Crippen LogP contribution is -2.35. The zero-order chi connectivity index (χ0) is 22.9. The molecule has 7 nitrogen and oxygen atoms in total. The molecule has 3 aromatic rings. The number of nitrogens with one attached hydrogen (secondary N) is 1. The Morgan fingerprint density at radius 2 is 1.84 bits per heavy atom. The molecule has 0 bridgehead atoms. The van der Waals surface area contributed by atoms with Crippen molar-refractivity contribution in [1.29, 1.82) is 0 Å². The number of benzene rings is 2. The fraction of sp³-hybridized carbons (Fsp3) is 0.292. The molecule has 1 N–H and O–H groups in total. The third-order valence-corrected chi connectivity index (χ3v) is 5.30. The second-order valence-electron chi connectivity index (χ2n) is 8.50. The number of hydrogen-bond acceptors (Lipinski definition) is 6. The number of anilines is 3. The van der Waals surface area contributed by atoms with Gasteiger partial charge in [-0.2, -0.15) is 0 Å². The smallest absolute Gasteiger partial charge is 0.414 e. The first-order valence-electron chi connectivity index (χ1n) is 10.3. The molecule has 2 aromatic carbocycles. The predicted molar refractivity (Wildman–Crippen MR) is 126 cm³/mol. The highest BCUT2D eigenvalue weighted by atomic mass is 35.5. The van der Waals surface area contributed by atoms with E-state index in [1.807, 2.05) is 51.1 Å². The van der Waals surface area contributed by atoms with E-state index in [4.69, 9.17) is 21.1 Å². The van der Waals surface area contributed by atoms with Crippen molar-refractivity contribution >= 4 is 35.0 Å². The Morgan fingerprint density at radius 3 is 2.53 bits per heavy atom. The number of aromatic nitrogens is 2. The quantitative estimate of drug-likeness (QED) is 0.535. The number of methoxy groups -OCH3 is 1. The molecule has 0 spiro atoms. The predicted octanol–water partition coefficient (Wildman–Crippen LogP) is 5.85. The summed E-state index contributed by atoms with van der Waals surface area (Å²) < 4.78 is 10.8. The molecular formula is C24H25ClN4O3. The van der Waals surface area contributed by atoms with Gasteiger partial charge in [0.2, 0.25) is 5.95 Å². The Hall–Kier alpha value is -3.32. The van der Waals surface area contributed by atoms with Gasteiger partial charge < -0.3 is 14.8 Å². The number of fused-ring (bicyclic) bond motifs is 1. The van der Waals surface area contributed by atoms with E-state index < -0.39 is 5.60 Å². The summed E-state index contributed by atoms with van der Waals surface area (Å²) in [5.74, 6) is 1.05. The van der Waals surface area contributed by atoms with Crippen molar-refractivity contribution in [2.24, 2.45) is 0 Å². The van der Waals surface area contributed by atoms with Gasteiger partial charge in [0.05, 0.1) is 17.8 Å². The van der Waals surface area contributed by atoms with Crippen LogP contribution in [0.15, 0.2) is 48.8 Å². The van der Waals surface area contributed by atoms with E-state index in [1.165, 1.54) is 0 Å². The van der Waals surface area contributed by atoms with Gasteiger partial charge in [0, 0.05) is 30.2 Å². The standard InChI is InChI=1S/C24H25ClN4O3/c1-24(2,3)32-23(30)29-10-9-15-5-7-18(12-20(15)29)28-22-26-13-17(14-27-22)16-6-8-19(25)21(11-16)31-4/h5-8,11-14H,9-10H2,1-4H3,(H,26,27,28). The maximum atomic E-state index is 12.6. The first-order chi connectivity index (χ1) is 15.2. The average molecular weight is 453 g/mol. The molecule has 0 fully saturated rings. The van der Waals surface area contributed by atoms with Crippen LogP contribution >= 0.6 is 11.6 Å². The summed E-state index contributed by atoms with van der Waals surface area (Å²) in [7, 11) is 1.58. The van der Waals surface area contributed by atoms with E-state index in [9.17, 15) is 4.79 Å². The number of nitrogens with zero attached hydrogens (tertiary/aromatic N) is 3. The number of carbonyl (C=O) groups excluding carboxylic acids is 1. The first-order valence-corrected chi connectivity index (χ1v) is 10.7. The zero-order valence-corrected chi connectivity index (χ0v) is 19.2. The van der Waals surface area contributed by atoms with Gasteiger partial charge in [-0.05, 0) is 62.6 Å². The first kappa shape index (κ1) is 21.9. The van der Waals surface area contributed by atoms with Crippen LogP contribution in [-0.4, -0.2) is 35.3 Å². The molecule has 2 heterocycles. The third-order valence-electron chi connectivity index (χ3n) is 4.99. The van der Waals surface area contributed by atoms with Crippen LogP contribution in [0.3, 0.4) is 0 Å². The number of ether oxygens (including phenoxy) is 2. The van der Waals surface area contributed by atoms with Crippen LogP contribution in [0.2, 0.25) is 5.02 Å². The van der Waals surface area contributed by atoms with Crippen molar-refractivity contribution in [2.75, 3.05) is 23.9 Å². The molecule has 1 aromatic heterocycles. The molecule has 4 rings (SSSR count). The SMILES string of the molecule is COc1cc(-c2cnc(Nc3ccc4c(c3)N(C(=O)OC(C)(C)C)CC4)nc2)ccc1Cl. The molecule has 0 saturated carbocycles. The van der Waals surface area contributed by atoms with Gasteiger partial charge in [0.25, 0.3) is 0 Å². The monoisotopic (exact) mass is 452 g/mol. The van der Waals surface area contributed by atoms with E-state index in [0.717, 1.165) is 34.5 Å². The number of hydrogen-bond donors (Lipinski definition) is 1. The molecule has 0 radical (unpaired) electrons. The lowest BCUT2D eigenvalue weighted by atomic mass is 10.1. The second-order valence-corrected chi connectivity index (χ2v) is 8.90. The summed E-state index contributed by atoms with van der Waals surface area (Å²) in [4.78, 5) is 23.1. The van der Waals surface area contributed by atoms with Gasteiger partial charge in [-0.1, -0.05) is 23.7 Å². The lowest BCUT2D eigenvalue weighted by molar-refractivity contribution is 0.0584. The molecule has 8 heteroatoms. The van der Waals surface area contributed by atoms with Gasteiger partial charge in [0.15, 0.2) is 0 Å². The minimum atomic E-state index is -0.542. The van der Waals surface area contributed by atoms with Gasteiger partial charge in [-0.3, -0.25) is 4.90 Å². The molecule has 166 valence electrons. The fourth-order valence-electron chi connectivity index (χ4n) is 3.47. The zero-order valence-electron chi connectivity index (χ0n) is 18.5. The summed E-state index contributed by atoms with van der Waals surface area (Å²) in [5, 5.41) is 3.75. The highest BCUT2D eigenvalue weighted by Gasteiger charge is 2.29. The Kier molecular flexibility index (Phi) is 5.93. The summed E-state index contributed by atoms with van der Waals surface area (Å²) in [6, 6.07) is 11.4. The number of amides is 1. The molecule has 1 aliphatic rings. The maximum absolute atomic E-state index is 12.6. The van der Waals surface area contributed by atoms with Crippen LogP contribution in [0.1, 0.15) is 26.3 Å².